The minimum Gasteiger partial charge on any atom is -0.341 e. The number of nitrogens with zero attached hydrogens (tertiary/aromatic N) is 2. The number of halogens is 1. The fraction of sp³-hybridized carbons (Fsp3) is 0.529. The summed E-state index contributed by atoms with van der Waals surface area (Å²) in [4.78, 5) is 28.1. The van der Waals surface area contributed by atoms with Crippen LogP contribution in [0, 0.1) is 0 Å². The van der Waals surface area contributed by atoms with Gasteiger partial charge in [-0.25, -0.2) is 4.79 Å². The Morgan fingerprint density at radius 2 is 1.87 bits per heavy atom. The van der Waals surface area contributed by atoms with Crippen molar-refractivity contribution in [1.82, 2.24) is 15.1 Å². The summed E-state index contributed by atoms with van der Waals surface area (Å²) in [7, 11) is 0. The van der Waals surface area contributed by atoms with Crippen molar-refractivity contribution >= 4 is 23.5 Å². The van der Waals surface area contributed by atoms with Crippen LogP contribution < -0.4 is 5.32 Å². The lowest BCUT2D eigenvalue weighted by Crippen LogP contribution is -2.44. The van der Waals surface area contributed by atoms with E-state index in [2.05, 4.69) is 5.32 Å². The summed E-state index contributed by atoms with van der Waals surface area (Å²) in [6, 6.07) is 7.45. The van der Waals surface area contributed by atoms with Crippen LogP contribution in [0.4, 0.5) is 4.79 Å². The van der Waals surface area contributed by atoms with Gasteiger partial charge in [0.05, 0.1) is 12.6 Å². The molecule has 23 heavy (non-hydrogen) atoms. The Morgan fingerprint density at radius 3 is 2.61 bits per heavy atom. The molecule has 1 atom stereocenters. The maximum Gasteiger partial charge on any atom is 0.318 e. The monoisotopic (exact) mass is 335 g/mol. The topological polar surface area (TPSA) is 52.7 Å². The van der Waals surface area contributed by atoms with Crippen molar-refractivity contribution < 1.29 is 9.59 Å². The van der Waals surface area contributed by atoms with Gasteiger partial charge in [-0.1, -0.05) is 29.8 Å². The van der Waals surface area contributed by atoms with Crippen molar-refractivity contribution in [2.75, 3.05) is 26.2 Å². The standard InChI is InChI=1S/C17H22ClN3O2/c18-14-7-2-1-6-13(14)15-8-5-11-21(15)17(23)19-12-16(22)20-9-3-4-10-20/h1-2,6-7,15H,3-5,8-12H2,(H,19,23). The van der Waals surface area contributed by atoms with E-state index in [1.807, 2.05) is 29.2 Å². The lowest BCUT2D eigenvalue weighted by Gasteiger charge is -2.26. The highest BCUT2D eigenvalue weighted by atomic mass is 35.5. The summed E-state index contributed by atoms with van der Waals surface area (Å²) in [5.74, 6) is 0.00402. The third kappa shape index (κ3) is 3.61. The highest BCUT2D eigenvalue weighted by molar-refractivity contribution is 6.31. The molecule has 1 unspecified atom stereocenters. The van der Waals surface area contributed by atoms with Crippen LogP contribution in [-0.2, 0) is 4.79 Å². The van der Waals surface area contributed by atoms with E-state index in [4.69, 9.17) is 11.6 Å². The molecule has 3 amide bonds. The molecule has 0 bridgehead atoms. The van der Waals surface area contributed by atoms with Gasteiger partial charge >= 0.3 is 6.03 Å². The van der Waals surface area contributed by atoms with Crippen molar-refractivity contribution in [1.29, 1.82) is 0 Å². The van der Waals surface area contributed by atoms with Gasteiger partial charge in [0, 0.05) is 24.7 Å². The number of carbonyl (C=O) groups is 2. The highest BCUT2D eigenvalue weighted by Gasteiger charge is 2.31. The highest BCUT2D eigenvalue weighted by Crippen LogP contribution is 2.35. The number of urea groups is 1. The number of hydrogen-bond acceptors (Lipinski definition) is 2. The Labute approximate surface area is 141 Å². The number of likely N-dealkylation sites (tertiary alicyclic amines) is 2. The molecule has 2 aliphatic rings. The van der Waals surface area contributed by atoms with Crippen molar-refractivity contribution in [2.24, 2.45) is 0 Å². The van der Waals surface area contributed by atoms with E-state index < -0.39 is 0 Å². The second-order valence-corrected chi connectivity index (χ2v) is 6.53. The first-order valence-electron chi connectivity index (χ1n) is 8.23. The molecule has 3 rings (SSSR count). The van der Waals surface area contributed by atoms with Gasteiger partial charge in [-0.2, -0.15) is 0 Å². The predicted octanol–water partition coefficient (Wildman–Crippen LogP) is 2.81. The van der Waals surface area contributed by atoms with Crippen molar-refractivity contribution in [3.8, 4) is 0 Å². The molecule has 0 aliphatic carbocycles. The van der Waals surface area contributed by atoms with E-state index in [1.165, 1.54) is 0 Å². The van der Waals surface area contributed by atoms with Crippen LogP contribution in [0.15, 0.2) is 24.3 Å². The van der Waals surface area contributed by atoms with Crippen LogP contribution in [0.25, 0.3) is 0 Å². The van der Waals surface area contributed by atoms with Gasteiger partial charge in [0.15, 0.2) is 0 Å². The molecule has 2 saturated heterocycles. The average Bonchev–Trinajstić information content (AvgIpc) is 3.24. The molecular weight excluding hydrogens is 314 g/mol. The lowest BCUT2D eigenvalue weighted by molar-refractivity contribution is -0.129. The molecule has 124 valence electrons. The Balaban J connectivity index is 1.60. The first-order chi connectivity index (χ1) is 11.2. The molecule has 2 heterocycles. The molecule has 0 spiro atoms. The van der Waals surface area contributed by atoms with Gasteiger partial charge in [0.25, 0.3) is 0 Å². The third-order valence-corrected chi connectivity index (χ3v) is 4.97. The Morgan fingerprint density at radius 1 is 1.13 bits per heavy atom. The molecule has 2 fully saturated rings. The van der Waals surface area contributed by atoms with Gasteiger partial charge < -0.3 is 15.1 Å². The minimum atomic E-state index is -0.181. The molecule has 2 aliphatic heterocycles. The Bertz CT molecular complexity index is 587. The Hall–Kier alpha value is -1.75. The lowest BCUT2D eigenvalue weighted by atomic mass is 10.0. The minimum absolute atomic E-state index is 0.00402. The maximum absolute atomic E-state index is 12.5. The molecule has 0 radical (unpaired) electrons. The molecule has 6 heteroatoms. The number of rotatable bonds is 3. The van der Waals surface area contributed by atoms with E-state index in [9.17, 15) is 9.59 Å². The van der Waals surface area contributed by atoms with Crippen LogP contribution >= 0.6 is 11.6 Å². The summed E-state index contributed by atoms with van der Waals surface area (Å²) in [6.45, 7) is 2.38. The molecule has 1 N–H and O–H groups in total. The van der Waals surface area contributed by atoms with Gasteiger partial charge in [-0.05, 0) is 37.3 Å². The van der Waals surface area contributed by atoms with Crippen LogP contribution in [0.5, 0.6) is 0 Å². The second-order valence-electron chi connectivity index (χ2n) is 6.12. The van der Waals surface area contributed by atoms with Gasteiger partial charge in [0.2, 0.25) is 5.91 Å². The molecule has 1 aromatic rings. The number of amides is 3. The zero-order chi connectivity index (χ0) is 16.2. The van der Waals surface area contributed by atoms with Gasteiger partial charge in [-0.3, -0.25) is 4.79 Å². The zero-order valence-electron chi connectivity index (χ0n) is 13.1. The van der Waals surface area contributed by atoms with E-state index in [0.717, 1.165) is 44.3 Å². The largest absolute Gasteiger partial charge is 0.341 e. The normalized spacial score (nSPS) is 20.8. The average molecular weight is 336 g/mol. The summed E-state index contributed by atoms with van der Waals surface area (Å²) in [5, 5.41) is 3.46. The number of hydrogen-bond donors (Lipinski definition) is 1. The Kier molecular flexibility index (Phi) is 5.06. The fourth-order valence-electron chi connectivity index (χ4n) is 3.41. The van der Waals surface area contributed by atoms with Crippen LogP contribution in [0.2, 0.25) is 5.02 Å². The number of carbonyl (C=O) groups excluding carboxylic acids is 2. The predicted molar refractivity (Wildman–Crippen MR) is 89.3 cm³/mol. The molecule has 0 aromatic heterocycles. The molecule has 5 nitrogen and oxygen atoms in total. The molecule has 1 aromatic carbocycles. The second kappa shape index (κ2) is 7.21. The maximum atomic E-state index is 12.5. The SMILES string of the molecule is O=C(CNC(=O)N1CCCC1c1ccccc1Cl)N1CCCC1. The molecular formula is C17H22ClN3O2. The van der Waals surface area contributed by atoms with Crippen LogP contribution in [0.3, 0.4) is 0 Å². The quantitative estimate of drug-likeness (QED) is 0.923. The van der Waals surface area contributed by atoms with Gasteiger partial charge in [0.1, 0.15) is 0 Å². The fourth-order valence-corrected chi connectivity index (χ4v) is 3.67. The van der Waals surface area contributed by atoms with E-state index in [1.54, 1.807) is 4.90 Å². The first kappa shape index (κ1) is 16.1. The van der Waals surface area contributed by atoms with Crippen molar-refractivity contribution in [3.05, 3.63) is 34.9 Å². The summed E-state index contributed by atoms with van der Waals surface area (Å²) >= 11 is 6.27. The van der Waals surface area contributed by atoms with Crippen LogP contribution in [-0.4, -0.2) is 47.9 Å². The first-order valence-corrected chi connectivity index (χ1v) is 8.61. The summed E-state index contributed by atoms with van der Waals surface area (Å²) in [5.41, 5.74) is 0.979. The van der Waals surface area contributed by atoms with Gasteiger partial charge in [-0.15, -0.1) is 0 Å². The van der Waals surface area contributed by atoms with Crippen molar-refractivity contribution in [3.63, 3.8) is 0 Å². The molecule has 0 saturated carbocycles. The number of benzene rings is 1. The van der Waals surface area contributed by atoms with E-state index >= 15 is 0 Å². The zero-order valence-corrected chi connectivity index (χ0v) is 13.9. The smallest absolute Gasteiger partial charge is 0.318 e. The van der Waals surface area contributed by atoms with E-state index in [0.29, 0.717) is 11.6 Å². The van der Waals surface area contributed by atoms with E-state index in [-0.39, 0.29) is 24.5 Å². The number of nitrogens with one attached hydrogen (secondary N) is 1. The van der Waals surface area contributed by atoms with Crippen LogP contribution in [0.1, 0.15) is 37.3 Å². The van der Waals surface area contributed by atoms with Crippen molar-refractivity contribution in [2.45, 2.75) is 31.7 Å². The third-order valence-electron chi connectivity index (χ3n) is 4.63. The summed E-state index contributed by atoms with van der Waals surface area (Å²) in [6.07, 6.45) is 3.96. The summed E-state index contributed by atoms with van der Waals surface area (Å²) < 4.78 is 0.